The van der Waals surface area contributed by atoms with Crippen molar-refractivity contribution in [2.24, 2.45) is 4.99 Å². The van der Waals surface area contributed by atoms with Gasteiger partial charge in [0.2, 0.25) is 0 Å². The van der Waals surface area contributed by atoms with Crippen LogP contribution < -0.4 is 4.74 Å². The predicted octanol–water partition coefficient (Wildman–Crippen LogP) is 4.06. The Morgan fingerprint density at radius 2 is 1.89 bits per heavy atom. The van der Waals surface area contributed by atoms with Gasteiger partial charge in [-0.3, -0.25) is 0 Å². The molecule has 0 aliphatic carbocycles. The maximum atomic E-state index is 5.12. The molecular weight excluding hydrogens is 256 g/mol. The summed E-state index contributed by atoms with van der Waals surface area (Å²) in [5.74, 6) is 1.62. The molecule has 0 saturated heterocycles. The van der Waals surface area contributed by atoms with Crippen molar-refractivity contribution >= 4 is 33.7 Å². The van der Waals surface area contributed by atoms with Crippen LogP contribution in [-0.4, -0.2) is 17.7 Å². The molecule has 3 rings (SSSR count). The Labute approximate surface area is 115 Å². The van der Waals surface area contributed by atoms with Gasteiger partial charge in [0.1, 0.15) is 5.75 Å². The Morgan fingerprint density at radius 1 is 1.11 bits per heavy atom. The lowest BCUT2D eigenvalue weighted by Crippen LogP contribution is -1.84. The molecule has 19 heavy (non-hydrogen) atoms. The first-order valence-electron chi connectivity index (χ1n) is 5.89. The van der Waals surface area contributed by atoms with Gasteiger partial charge in [-0.15, -0.1) is 0 Å². The van der Waals surface area contributed by atoms with E-state index in [2.05, 4.69) is 15.4 Å². The van der Waals surface area contributed by atoms with Crippen LogP contribution in [-0.2, 0) is 0 Å². The number of fused-ring (bicyclic) bond motifs is 1. The first kappa shape index (κ1) is 11.9. The van der Waals surface area contributed by atoms with Gasteiger partial charge in [0.15, 0.2) is 5.82 Å². The zero-order chi connectivity index (χ0) is 13.1. The summed E-state index contributed by atoms with van der Waals surface area (Å²) in [6.07, 6.45) is 1.82. The highest BCUT2D eigenvalue weighted by Crippen LogP contribution is 2.28. The van der Waals surface area contributed by atoms with E-state index in [0.717, 1.165) is 27.2 Å². The molecule has 0 fully saturated rings. The van der Waals surface area contributed by atoms with E-state index in [9.17, 15) is 0 Å². The van der Waals surface area contributed by atoms with Gasteiger partial charge in [0.05, 0.1) is 11.8 Å². The summed E-state index contributed by atoms with van der Waals surface area (Å²) in [5.41, 5.74) is 1.03. The Morgan fingerprint density at radius 3 is 2.68 bits per heavy atom. The van der Waals surface area contributed by atoms with Gasteiger partial charge in [-0.05, 0) is 53.5 Å². The van der Waals surface area contributed by atoms with Gasteiger partial charge < -0.3 is 4.74 Å². The van der Waals surface area contributed by atoms with Crippen LogP contribution in [0.15, 0.2) is 53.5 Å². The fourth-order valence-corrected chi connectivity index (χ4v) is 2.52. The van der Waals surface area contributed by atoms with Gasteiger partial charge in [-0.25, -0.2) is 4.99 Å². The number of ether oxygens (including phenoxy) is 1. The molecule has 2 aromatic carbocycles. The molecule has 0 N–H and O–H groups in total. The highest BCUT2D eigenvalue weighted by atomic mass is 32.1. The van der Waals surface area contributed by atoms with Crippen molar-refractivity contribution in [3.05, 3.63) is 54.1 Å². The van der Waals surface area contributed by atoms with Crippen LogP contribution in [0, 0.1) is 0 Å². The summed E-state index contributed by atoms with van der Waals surface area (Å²) in [7, 11) is 1.66. The first-order valence-corrected chi connectivity index (χ1v) is 6.67. The second-order valence-corrected chi connectivity index (χ2v) is 4.84. The molecule has 0 amide bonds. The fourth-order valence-electron chi connectivity index (χ4n) is 1.79. The number of hydrogen-bond donors (Lipinski definition) is 0. The van der Waals surface area contributed by atoms with E-state index in [1.807, 2.05) is 48.7 Å². The van der Waals surface area contributed by atoms with Crippen LogP contribution in [0.25, 0.3) is 10.1 Å². The number of nitrogens with zero attached hydrogens (tertiary/aromatic N) is 2. The van der Waals surface area contributed by atoms with Crippen molar-refractivity contribution in [3.63, 3.8) is 0 Å². The summed E-state index contributed by atoms with van der Waals surface area (Å²) < 4.78 is 10.6. The summed E-state index contributed by atoms with van der Waals surface area (Å²) in [6.45, 7) is 0. The lowest BCUT2D eigenvalue weighted by molar-refractivity contribution is 0.415. The van der Waals surface area contributed by atoms with E-state index in [1.165, 1.54) is 11.5 Å². The zero-order valence-electron chi connectivity index (χ0n) is 10.4. The smallest absolute Gasteiger partial charge is 0.173 e. The topological polar surface area (TPSA) is 34.5 Å². The van der Waals surface area contributed by atoms with Gasteiger partial charge in [-0.2, -0.15) is 4.37 Å². The molecule has 0 radical (unpaired) electrons. The number of rotatable bonds is 3. The quantitative estimate of drug-likeness (QED) is 0.671. The minimum Gasteiger partial charge on any atom is -0.497 e. The summed E-state index contributed by atoms with van der Waals surface area (Å²) in [5, 5.41) is 1.09. The van der Waals surface area contributed by atoms with E-state index >= 15 is 0 Å². The monoisotopic (exact) mass is 268 g/mol. The molecule has 4 heteroatoms. The van der Waals surface area contributed by atoms with Gasteiger partial charge >= 0.3 is 0 Å². The third-order valence-electron chi connectivity index (χ3n) is 2.81. The minimum absolute atomic E-state index is 0.774. The van der Waals surface area contributed by atoms with Crippen LogP contribution in [0.1, 0.15) is 5.56 Å². The molecule has 3 aromatic rings. The Balaban J connectivity index is 1.89. The predicted molar refractivity (Wildman–Crippen MR) is 79.9 cm³/mol. The number of hydrogen-bond acceptors (Lipinski definition) is 4. The van der Waals surface area contributed by atoms with Crippen LogP contribution in [0.5, 0.6) is 5.75 Å². The Kier molecular flexibility index (Phi) is 3.25. The second-order valence-electron chi connectivity index (χ2n) is 4.03. The highest BCUT2D eigenvalue weighted by Gasteiger charge is 2.02. The minimum atomic E-state index is 0.774. The molecule has 0 aliphatic heterocycles. The van der Waals surface area contributed by atoms with E-state index in [0.29, 0.717) is 0 Å². The van der Waals surface area contributed by atoms with E-state index in [4.69, 9.17) is 4.74 Å². The molecule has 0 spiro atoms. The number of methoxy groups -OCH3 is 1. The van der Waals surface area contributed by atoms with Crippen molar-refractivity contribution < 1.29 is 4.74 Å². The van der Waals surface area contributed by atoms with Crippen molar-refractivity contribution in [1.29, 1.82) is 0 Å². The van der Waals surface area contributed by atoms with Gasteiger partial charge in [0.25, 0.3) is 0 Å². The molecule has 1 aromatic heterocycles. The molecule has 0 aliphatic rings. The van der Waals surface area contributed by atoms with Crippen LogP contribution in [0.4, 0.5) is 5.82 Å². The van der Waals surface area contributed by atoms with Crippen molar-refractivity contribution in [1.82, 2.24) is 4.37 Å². The average molecular weight is 268 g/mol. The van der Waals surface area contributed by atoms with Crippen LogP contribution >= 0.6 is 11.5 Å². The lowest BCUT2D eigenvalue weighted by Gasteiger charge is -1.98. The van der Waals surface area contributed by atoms with Gasteiger partial charge in [-0.1, -0.05) is 12.1 Å². The number of benzene rings is 2. The van der Waals surface area contributed by atoms with Crippen molar-refractivity contribution in [3.8, 4) is 5.75 Å². The fraction of sp³-hybridized carbons (Fsp3) is 0.0667. The average Bonchev–Trinajstić information content (AvgIpc) is 2.89. The molecular formula is C15H12N2OS. The van der Waals surface area contributed by atoms with Crippen LogP contribution in [0.3, 0.4) is 0 Å². The van der Waals surface area contributed by atoms with Crippen LogP contribution in [0.2, 0.25) is 0 Å². The molecule has 3 nitrogen and oxygen atoms in total. The molecule has 94 valence electrons. The third kappa shape index (κ3) is 2.48. The summed E-state index contributed by atoms with van der Waals surface area (Å²) in [6, 6.07) is 15.9. The largest absolute Gasteiger partial charge is 0.497 e. The first-order chi connectivity index (χ1) is 9.36. The van der Waals surface area contributed by atoms with E-state index in [1.54, 1.807) is 7.11 Å². The van der Waals surface area contributed by atoms with Gasteiger partial charge in [0, 0.05) is 11.6 Å². The molecule has 0 saturated carbocycles. The number of aliphatic imine (C=N–C) groups is 1. The van der Waals surface area contributed by atoms with E-state index in [-0.39, 0.29) is 0 Å². The zero-order valence-corrected chi connectivity index (χ0v) is 11.2. The maximum absolute atomic E-state index is 5.12. The molecule has 0 atom stereocenters. The summed E-state index contributed by atoms with van der Waals surface area (Å²) >= 11 is 1.47. The Bertz CT molecular complexity index is 716. The molecule has 1 heterocycles. The molecule has 0 unspecified atom stereocenters. The third-order valence-corrected chi connectivity index (χ3v) is 3.63. The molecule has 0 bridgehead atoms. The van der Waals surface area contributed by atoms with E-state index < -0.39 is 0 Å². The second kappa shape index (κ2) is 5.20. The standard InChI is InChI=1S/C15H12N2OS/c1-18-12-8-6-11(7-9-12)10-16-15-13-4-2-3-5-14(13)19-17-15/h2-10H,1H3. The maximum Gasteiger partial charge on any atom is 0.173 e. The Hall–Kier alpha value is -2.20. The number of aromatic nitrogens is 1. The van der Waals surface area contributed by atoms with Crippen molar-refractivity contribution in [2.45, 2.75) is 0 Å². The highest BCUT2D eigenvalue weighted by molar-refractivity contribution is 7.13. The SMILES string of the molecule is COc1ccc(C=Nc2nsc3ccccc23)cc1. The summed E-state index contributed by atoms with van der Waals surface area (Å²) in [4.78, 5) is 4.45. The van der Waals surface area contributed by atoms with Crippen molar-refractivity contribution in [2.75, 3.05) is 7.11 Å². The lowest BCUT2D eigenvalue weighted by atomic mass is 10.2. The normalized spacial score (nSPS) is 11.2.